The number of carbonyl (C=O) groups excluding carboxylic acids is 1. The second-order valence-electron chi connectivity index (χ2n) is 4.07. The molecule has 0 radical (unpaired) electrons. The molecule has 7 nitrogen and oxygen atoms in total. The molecule has 1 atom stereocenters. The molecule has 3 N–H and O–H groups in total. The molecule has 19 heavy (non-hydrogen) atoms. The van der Waals surface area contributed by atoms with E-state index in [0.29, 0.717) is 18.7 Å². The lowest BCUT2D eigenvalue weighted by Crippen LogP contribution is -2.42. The van der Waals surface area contributed by atoms with E-state index in [0.717, 1.165) is 5.69 Å². The van der Waals surface area contributed by atoms with Crippen LogP contribution in [0.3, 0.4) is 0 Å². The second-order valence-corrected chi connectivity index (χ2v) is 4.07. The van der Waals surface area contributed by atoms with E-state index in [1.165, 1.54) is 4.68 Å². The van der Waals surface area contributed by atoms with Gasteiger partial charge in [-0.2, -0.15) is 5.10 Å². The molecule has 1 aromatic rings. The molecular formula is C12H19N3O4. The lowest BCUT2D eigenvalue weighted by Gasteiger charge is -2.13. The van der Waals surface area contributed by atoms with E-state index in [9.17, 15) is 9.59 Å². The molecule has 0 saturated carbocycles. The number of hydrogen-bond acceptors (Lipinski definition) is 4. The Kier molecular flexibility index (Phi) is 5.50. The summed E-state index contributed by atoms with van der Waals surface area (Å²) in [5.41, 5.74) is 1.12. The number of rotatable bonds is 7. The number of carboxylic acids is 1. The molecule has 0 bridgehead atoms. The second kappa shape index (κ2) is 6.89. The number of aliphatic hydroxyl groups excluding tert-OH is 1. The van der Waals surface area contributed by atoms with Crippen molar-refractivity contribution in [2.45, 2.75) is 39.3 Å². The van der Waals surface area contributed by atoms with Gasteiger partial charge in [-0.15, -0.1) is 0 Å². The van der Waals surface area contributed by atoms with E-state index >= 15 is 0 Å². The highest BCUT2D eigenvalue weighted by Crippen LogP contribution is 2.06. The van der Waals surface area contributed by atoms with Crippen molar-refractivity contribution >= 4 is 11.9 Å². The number of nitrogens with one attached hydrogen (secondary N) is 1. The first-order valence-electron chi connectivity index (χ1n) is 6.24. The fourth-order valence-electron chi connectivity index (χ4n) is 1.69. The van der Waals surface area contributed by atoms with Crippen LogP contribution in [-0.2, 0) is 17.8 Å². The van der Waals surface area contributed by atoms with Gasteiger partial charge in [-0.1, -0.05) is 6.92 Å². The van der Waals surface area contributed by atoms with Gasteiger partial charge in [0, 0.05) is 19.6 Å². The van der Waals surface area contributed by atoms with Crippen molar-refractivity contribution in [3.63, 3.8) is 0 Å². The van der Waals surface area contributed by atoms with E-state index in [1.807, 2.05) is 13.8 Å². The fourth-order valence-corrected chi connectivity index (χ4v) is 1.69. The molecule has 0 aromatic carbocycles. The van der Waals surface area contributed by atoms with Gasteiger partial charge in [-0.3, -0.25) is 9.48 Å². The molecule has 0 aliphatic heterocycles. The molecule has 1 rings (SSSR count). The number of carbonyl (C=O) groups is 2. The molecule has 0 aliphatic carbocycles. The number of aliphatic hydroxyl groups is 1. The Bertz CT molecular complexity index is 456. The molecule has 1 aromatic heterocycles. The van der Waals surface area contributed by atoms with Gasteiger partial charge in [-0.25, -0.2) is 4.79 Å². The van der Waals surface area contributed by atoms with Crippen LogP contribution in [0.1, 0.15) is 36.5 Å². The van der Waals surface area contributed by atoms with Crippen molar-refractivity contribution in [3.8, 4) is 0 Å². The zero-order valence-electron chi connectivity index (χ0n) is 11.1. The van der Waals surface area contributed by atoms with Crippen molar-refractivity contribution in [2.75, 3.05) is 6.61 Å². The number of aliphatic carboxylic acids is 1. The maximum Gasteiger partial charge on any atom is 0.326 e. The van der Waals surface area contributed by atoms with Crippen LogP contribution in [0.5, 0.6) is 0 Å². The summed E-state index contributed by atoms with van der Waals surface area (Å²) in [4.78, 5) is 23.0. The van der Waals surface area contributed by atoms with Crippen LogP contribution in [0.25, 0.3) is 0 Å². The van der Waals surface area contributed by atoms with E-state index in [1.54, 1.807) is 6.07 Å². The number of aromatic nitrogens is 2. The van der Waals surface area contributed by atoms with E-state index in [4.69, 9.17) is 10.2 Å². The zero-order valence-corrected chi connectivity index (χ0v) is 11.1. The first-order valence-corrected chi connectivity index (χ1v) is 6.24. The van der Waals surface area contributed by atoms with Gasteiger partial charge in [0.15, 0.2) is 0 Å². The summed E-state index contributed by atoms with van der Waals surface area (Å²) >= 11 is 0. The largest absolute Gasteiger partial charge is 0.480 e. The number of carboxylic acid groups (broad SMARTS) is 1. The average Bonchev–Trinajstić information content (AvgIpc) is 2.81. The van der Waals surface area contributed by atoms with E-state index in [2.05, 4.69) is 10.4 Å². The van der Waals surface area contributed by atoms with Crippen LogP contribution >= 0.6 is 0 Å². The van der Waals surface area contributed by atoms with Gasteiger partial charge in [-0.05, 0) is 19.4 Å². The molecule has 1 amide bonds. The first-order chi connectivity index (χ1) is 9.03. The van der Waals surface area contributed by atoms with Crippen LogP contribution in [-0.4, -0.2) is 44.5 Å². The quantitative estimate of drug-likeness (QED) is 0.648. The van der Waals surface area contributed by atoms with Crippen molar-refractivity contribution in [2.24, 2.45) is 0 Å². The lowest BCUT2D eigenvalue weighted by molar-refractivity contribution is -0.139. The molecule has 1 unspecified atom stereocenters. The van der Waals surface area contributed by atoms with Crippen LogP contribution < -0.4 is 5.32 Å². The van der Waals surface area contributed by atoms with Crippen LogP contribution in [0.15, 0.2) is 6.07 Å². The highest BCUT2D eigenvalue weighted by atomic mass is 16.4. The lowest BCUT2D eigenvalue weighted by atomic mass is 10.2. The van der Waals surface area contributed by atoms with Crippen LogP contribution in [0.4, 0.5) is 0 Å². The topological polar surface area (TPSA) is 104 Å². The molecular weight excluding hydrogens is 250 g/mol. The van der Waals surface area contributed by atoms with E-state index in [-0.39, 0.29) is 13.0 Å². The number of nitrogens with zero attached hydrogens (tertiary/aromatic N) is 2. The molecule has 7 heteroatoms. The number of aryl methyl sites for hydroxylation is 2. The predicted molar refractivity (Wildman–Crippen MR) is 67.9 cm³/mol. The maximum absolute atomic E-state index is 12.0. The third-order valence-electron chi connectivity index (χ3n) is 2.75. The van der Waals surface area contributed by atoms with Gasteiger partial charge < -0.3 is 15.5 Å². The third kappa shape index (κ3) is 3.78. The average molecular weight is 269 g/mol. The zero-order chi connectivity index (χ0) is 14.4. The normalized spacial score (nSPS) is 12.2. The molecule has 0 fully saturated rings. The number of hydrogen-bond donors (Lipinski definition) is 3. The minimum Gasteiger partial charge on any atom is -0.480 e. The van der Waals surface area contributed by atoms with Gasteiger partial charge in [0.2, 0.25) is 0 Å². The SMILES string of the molecule is CCc1cc(C(=O)NC(CCO)C(=O)O)n(CC)n1. The monoisotopic (exact) mass is 269 g/mol. The molecule has 106 valence electrons. The summed E-state index contributed by atoms with van der Waals surface area (Å²) in [5.74, 6) is -1.66. The summed E-state index contributed by atoms with van der Waals surface area (Å²) in [6.07, 6.45) is 0.675. The maximum atomic E-state index is 12.0. The Morgan fingerprint density at radius 3 is 2.63 bits per heavy atom. The van der Waals surface area contributed by atoms with E-state index < -0.39 is 17.9 Å². The molecule has 0 aliphatic rings. The number of amides is 1. The van der Waals surface area contributed by atoms with Crippen molar-refractivity contribution in [3.05, 3.63) is 17.5 Å². The summed E-state index contributed by atoms with van der Waals surface area (Å²) in [6, 6.07) is 0.555. The van der Waals surface area contributed by atoms with Crippen molar-refractivity contribution in [1.82, 2.24) is 15.1 Å². The summed E-state index contributed by atoms with van der Waals surface area (Å²) in [6.45, 7) is 4.01. The minimum atomic E-state index is -1.17. The highest BCUT2D eigenvalue weighted by molar-refractivity contribution is 5.95. The van der Waals surface area contributed by atoms with Gasteiger partial charge in [0.1, 0.15) is 11.7 Å². The smallest absolute Gasteiger partial charge is 0.326 e. The van der Waals surface area contributed by atoms with Crippen LogP contribution in [0, 0.1) is 0 Å². The molecule has 0 saturated heterocycles. The Morgan fingerprint density at radius 2 is 2.16 bits per heavy atom. The Hall–Kier alpha value is -1.89. The Morgan fingerprint density at radius 1 is 1.47 bits per heavy atom. The highest BCUT2D eigenvalue weighted by Gasteiger charge is 2.22. The van der Waals surface area contributed by atoms with Crippen LogP contribution in [0.2, 0.25) is 0 Å². The minimum absolute atomic E-state index is 0.0258. The molecule has 0 spiro atoms. The fraction of sp³-hybridized carbons (Fsp3) is 0.583. The molecule has 1 heterocycles. The Labute approximate surface area is 111 Å². The van der Waals surface area contributed by atoms with Gasteiger partial charge >= 0.3 is 5.97 Å². The van der Waals surface area contributed by atoms with Gasteiger partial charge in [0.05, 0.1) is 5.69 Å². The van der Waals surface area contributed by atoms with Gasteiger partial charge in [0.25, 0.3) is 5.91 Å². The van der Waals surface area contributed by atoms with Crippen molar-refractivity contribution in [1.29, 1.82) is 0 Å². The summed E-state index contributed by atoms with van der Waals surface area (Å²) in [7, 11) is 0. The summed E-state index contributed by atoms with van der Waals surface area (Å²) < 4.78 is 1.53. The third-order valence-corrected chi connectivity index (χ3v) is 2.75. The Balaban J connectivity index is 2.87. The first kappa shape index (κ1) is 15.2. The summed E-state index contributed by atoms with van der Waals surface area (Å²) in [5, 5.41) is 24.3. The predicted octanol–water partition coefficient (Wildman–Crippen LogP) is 0.0308. The standard InChI is InChI=1S/C12H19N3O4/c1-3-8-7-10(15(4-2)14-8)11(17)13-9(5-6-16)12(18)19/h7,9,16H,3-6H2,1-2H3,(H,13,17)(H,18,19). The van der Waals surface area contributed by atoms with Crippen molar-refractivity contribution < 1.29 is 19.8 Å².